The van der Waals surface area contributed by atoms with Gasteiger partial charge in [0.15, 0.2) is 0 Å². The van der Waals surface area contributed by atoms with Gasteiger partial charge in [-0.25, -0.2) is 4.98 Å². The van der Waals surface area contributed by atoms with Crippen molar-refractivity contribution in [3.63, 3.8) is 0 Å². The number of rotatable bonds is 5. The molecule has 0 bridgehead atoms. The molecule has 6 heteroatoms. The third-order valence-corrected chi connectivity index (χ3v) is 7.44. The van der Waals surface area contributed by atoms with Crippen LogP contribution in [0.5, 0.6) is 5.75 Å². The molecule has 7 rings (SSSR count). The number of nitriles is 1. The number of ether oxygens (including phenoxy) is 2. The van der Waals surface area contributed by atoms with Crippen LogP contribution in [0.4, 0.5) is 0 Å². The minimum absolute atomic E-state index is 0.0824. The Morgan fingerprint density at radius 1 is 0.821 bits per heavy atom. The highest BCUT2D eigenvalue weighted by Crippen LogP contribution is 2.35. The third-order valence-electron chi connectivity index (χ3n) is 7.44. The molecular formula is C33H26N4O2. The maximum atomic E-state index is 9.86. The molecule has 1 aliphatic rings. The molecule has 6 aromatic rings. The Morgan fingerprint density at radius 3 is 2.33 bits per heavy atom. The summed E-state index contributed by atoms with van der Waals surface area (Å²) in [5.41, 5.74) is 8.76. The van der Waals surface area contributed by atoms with E-state index >= 15 is 0 Å². The topological polar surface area (TPSA) is 86.7 Å². The number of hydrogen-bond acceptors (Lipinski definition) is 4. The summed E-state index contributed by atoms with van der Waals surface area (Å²) >= 11 is 0. The second kappa shape index (κ2) is 9.79. The van der Waals surface area contributed by atoms with Crippen LogP contribution in [-0.2, 0) is 4.74 Å². The second-order valence-electron chi connectivity index (χ2n) is 9.90. The molecule has 1 fully saturated rings. The first-order valence-corrected chi connectivity index (χ1v) is 13.2. The summed E-state index contributed by atoms with van der Waals surface area (Å²) in [5.74, 6) is 0.628. The van der Waals surface area contributed by atoms with E-state index in [9.17, 15) is 5.26 Å². The standard InChI is InChI=1S/C33H26N4O2/c34-20-25-17-23(9-10-32(25)39-26-12-15-38-16-13-26)27-11-14-35-33-28(27)19-31(37-33)22-7-5-21(6-8-22)30-18-24-3-1-2-4-29(24)36-30/h1-11,14,17-19,26,36H,12-13,15-16H2,(H,35,37). The van der Waals surface area contributed by atoms with Crippen LogP contribution < -0.4 is 4.74 Å². The molecule has 0 atom stereocenters. The maximum Gasteiger partial charge on any atom is 0.138 e. The molecule has 0 amide bonds. The first kappa shape index (κ1) is 23.3. The average Bonchev–Trinajstić information content (AvgIpc) is 3.63. The van der Waals surface area contributed by atoms with Gasteiger partial charge in [-0.15, -0.1) is 0 Å². The third kappa shape index (κ3) is 4.43. The van der Waals surface area contributed by atoms with Crippen molar-refractivity contribution in [1.82, 2.24) is 15.0 Å². The number of aromatic amines is 2. The van der Waals surface area contributed by atoms with Gasteiger partial charge < -0.3 is 19.4 Å². The highest BCUT2D eigenvalue weighted by Gasteiger charge is 2.18. The Labute approximate surface area is 225 Å². The summed E-state index contributed by atoms with van der Waals surface area (Å²) in [6, 6.07) is 31.3. The molecule has 1 saturated heterocycles. The van der Waals surface area contributed by atoms with Crippen LogP contribution in [-0.4, -0.2) is 34.3 Å². The van der Waals surface area contributed by atoms with Gasteiger partial charge in [0.2, 0.25) is 0 Å². The first-order chi connectivity index (χ1) is 19.2. The van der Waals surface area contributed by atoms with Gasteiger partial charge >= 0.3 is 0 Å². The molecule has 2 N–H and O–H groups in total. The van der Waals surface area contributed by atoms with Crippen molar-refractivity contribution in [1.29, 1.82) is 5.26 Å². The smallest absolute Gasteiger partial charge is 0.138 e. The Balaban J connectivity index is 1.19. The number of para-hydroxylation sites is 1. The molecular weight excluding hydrogens is 484 g/mol. The van der Waals surface area contributed by atoms with E-state index in [2.05, 4.69) is 75.6 Å². The highest BCUT2D eigenvalue weighted by atomic mass is 16.5. The molecule has 4 heterocycles. The Bertz CT molecular complexity index is 1800. The molecule has 1 aliphatic heterocycles. The van der Waals surface area contributed by atoms with Crippen molar-refractivity contribution in [2.24, 2.45) is 0 Å². The number of fused-ring (bicyclic) bond motifs is 2. The van der Waals surface area contributed by atoms with Crippen molar-refractivity contribution in [2.45, 2.75) is 18.9 Å². The lowest BCUT2D eigenvalue weighted by Crippen LogP contribution is -2.26. The fourth-order valence-electron chi connectivity index (χ4n) is 5.35. The molecule has 3 aromatic heterocycles. The number of pyridine rings is 1. The maximum absolute atomic E-state index is 9.86. The summed E-state index contributed by atoms with van der Waals surface area (Å²) < 4.78 is 11.6. The number of aromatic nitrogens is 3. The largest absolute Gasteiger partial charge is 0.489 e. The summed E-state index contributed by atoms with van der Waals surface area (Å²) in [6.45, 7) is 1.39. The van der Waals surface area contributed by atoms with Gasteiger partial charge in [-0.1, -0.05) is 48.5 Å². The molecule has 0 saturated carbocycles. The first-order valence-electron chi connectivity index (χ1n) is 13.2. The Hall–Kier alpha value is -4.86. The fraction of sp³-hybridized carbons (Fsp3) is 0.152. The normalized spacial score (nSPS) is 14.0. The molecule has 190 valence electrons. The zero-order valence-electron chi connectivity index (χ0n) is 21.3. The van der Waals surface area contributed by atoms with Gasteiger partial charge in [-0.2, -0.15) is 5.26 Å². The van der Waals surface area contributed by atoms with Crippen LogP contribution in [0.3, 0.4) is 0 Å². The number of benzene rings is 3. The fourth-order valence-corrected chi connectivity index (χ4v) is 5.35. The van der Waals surface area contributed by atoms with E-state index < -0.39 is 0 Å². The van der Waals surface area contributed by atoms with Gasteiger partial charge in [0.1, 0.15) is 23.6 Å². The van der Waals surface area contributed by atoms with E-state index in [4.69, 9.17) is 9.47 Å². The predicted octanol–water partition coefficient (Wildman–Crippen LogP) is 7.47. The number of nitrogens with one attached hydrogen (secondary N) is 2. The highest BCUT2D eigenvalue weighted by molar-refractivity contribution is 5.96. The van der Waals surface area contributed by atoms with Gasteiger partial charge in [0.25, 0.3) is 0 Å². The molecule has 6 nitrogen and oxygen atoms in total. The van der Waals surface area contributed by atoms with E-state index in [1.165, 1.54) is 5.39 Å². The summed E-state index contributed by atoms with van der Waals surface area (Å²) in [4.78, 5) is 11.6. The Morgan fingerprint density at radius 2 is 1.56 bits per heavy atom. The summed E-state index contributed by atoms with van der Waals surface area (Å²) in [6.07, 6.45) is 3.56. The SMILES string of the molecule is N#Cc1cc(-c2ccnc3[nH]c(-c4ccc(-c5cc6ccccc6[nH]5)cc4)cc23)ccc1OC1CCOCC1. The van der Waals surface area contributed by atoms with E-state index in [1.807, 2.05) is 30.3 Å². The van der Waals surface area contributed by atoms with Crippen molar-refractivity contribution < 1.29 is 9.47 Å². The van der Waals surface area contributed by atoms with E-state index in [0.717, 1.165) is 63.0 Å². The van der Waals surface area contributed by atoms with Crippen molar-refractivity contribution >= 4 is 21.9 Å². The van der Waals surface area contributed by atoms with Crippen LogP contribution >= 0.6 is 0 Å². The molecule has 0 spiro atoms. The van der Waals surface area contributed by atoms with Crippen molar-refractivity contribution in [3.05, 3.63) is 96.7 Å². The van der Waals surface area contributed by atoms with E-state index in [0.29, 0.717) is 24.5 Å². The average molecular weight is 511 g/mol. The van der Waals surface area contributed by atoms with Crippen LogP contribution in [0.25, 0.3) is 55.6 Å². The van der Waals surface area contributed by atoms with Gasteiger partial charge in [0.05, 0.1) is 18.8 Å². The quantitative estimate of drug-likeness (QED) is 0.252. The van der Waals surface area contributed by atoms with Crippen LogP contribution in [0.1, 0.15) is 18.4 Å². The molecule has 0 aliphatic carbocycles. The number of H-pyrrole nitrogens is 2. The summed E-state index contributed by atoms with van der Waals surface area (Å²) in [5, 5.41) is 12.1. The van der Waals surface area contributed by atoms with E-state index in [1.54, 1.807) is 6.20 Å². The van der Waals surface area contributed by atoms with Gasteiger partial charge in [-0.3, -0.25) is 0 Å². The lowest BCUT2D eigenvalue weighted by Gasteiger charge is -2.23. The van der Waals surface area contributed by atoms with Crippen LogP contribution in [0.15, 0.2) is 91.1 Å². The number of hydrogen-bond donors (Lipinski definition) is 2. The van der Waals surface area contributed by atoms with Gasteiger partial charge in [0, 0.05) is 46.7 Å². The predicted molar refractivity (Wildman–Crippen MR) is 153 cm³/mol. The Kier molecular flexibility index (Phi) is 5.84. The zero-order valence-corrected chi connectivity index (χ0v) is 21.3. The van der Waals surface area contributed by atoms with Crippen LogP contribution in [0, 0.1) is 11.3 Å². The minimum Gasteiger partial charge on any atom is -0.489 e. The second-order valence-corrected chi connectivity index (χ2v) is 9.90. The van der Waals surface area contributed by atoms with Crippen LogP contribution in [0.2, 0.25) is 0 Å². The van der Waals surface area contributed by atoms with Crippen molar-refractivity contribution in [3.8, 4) is 45.5 Å². The zero-order chi connectivity index (χ0) is 26.2. The van der Waals surface area contributed by atoms with Crippen molar-refractivity contribution in [2.75, 3.05) is 13.2 Å². The minimum atomic E-state index is 0.0824. The lowest BCUT2D eigenvalue weighted by molar-refractivity contribution is 0.0254. The number of nitrogens with zero attached hydrogens (tertiary/aromatic N) is 2. The molecule has 39 heavy (non-hydrogen) atoms. The molecule has 0 radical (unpaired) electrons. The lowest BCUT2D eigenvalue weighted by atomic mass is 10.0. The molecule has 0 unspecified atom stereocenters. The van der Waals surface area contributed by atoms with E-state index in [-0.39, 0.29) is 6.10 Å². The monoisotopic (exact) mass is 510 g/mol. The summed E-state index contributed by atoms with van der Waals surface area (Å²) in [7, 11) is 0. The molecule has 3 aromatic carbocycles. The van der Waals surface area contributed by atoms with Gasteiger partial charge in [-0.05, 0) is 58.7 Å².